The zero-order valence-electron chi connectivity index (χ0n) is 7.71. The Kier molecular flexibility index (Phi) is 4.53. The Labute approximate surface area is 84.3 Å². The van der Waals surface area contributed by atoms with Gasteiger partial charge >= 0.3 is 12.1 Å². The summed E-state index contributed by atoms with van der Waals surface area (Å²) in [5.74, 6) is -1.62. The molecule has 9 heteroatoms. The fraction of sp³-hybridized carbons (Fsp3) is 0.833. The predicted molar refractivity (Wildman–Crippen MR) is 44.7 cm³/mol. The second-order valence-corrected chi connectivity index (χ2v) is 4.87. The lowest BCUT2D eigenvalue weighted by molar-refractivity contribution is -0.136. The maximum atomic E-state index is 11.6. The van der Waals surface area contributed by atoms with Crippen molar-refractivity contribution in [2.45, 2.75) is 24.8 Å². The molecule has 0 amide bonds. The Bertz CT molecular complexity index is 324. The van der Waals surface area contributed by atoms with Crippen molar-refractivity contribution in [1.82, 2.24) is 4.72 Å². The van der Waals surface area contributed by atoms with Gasteiger partial charge in [0.1, 0.15) is 0 Å². The minimum absolute atomic E-state index is 0.858. The Morgan fingerprint density at radius 2 is 1.93 bits per heavy atom. The van der Waals surface area contributed by atoms with E-state index in [9.17, 15) is 26.4 Å². The average Bonchev–Trinajstić information content (AvgIpc) is 1.99. The smallest absolute Gasteiger partial charge is 0.390 e. The summed E-state index contributed by atoms with van der Waals surface area (Å²) in [5, 5.41) is 6.56. The Hall–Kier alpha value is -0.830. The standard InChI is InChI=1S/C6H10F3NO4S/c1-4(5(11)12)15(13,14)10-3-2-6(7,8)9/h4,10H,2-3H2,1H3,(H,11,12). The minimum atomic E-state index is -4.48. The highest BCUT2D eigenvalue weighted by molar-refractivity contribution is 7.90. The molecule has 0 bridgehead atoms. The van der Waals surface area contributed by atoms with Crippen LogP contribution in [0.2, 0.25) is 0 Å². The molecular formula is C6H10F3NO4S. The van der Waals surface area contributed by atoms with Crippen LogP contribution in [-0.4, -0.2) is 37.5 Å². The Morgan fingerprint density at radius 3 is 2.27 bits per heavy atom. The van der Waals surface area contributed by atoms with Crippen LogP contribution in [0, 0.1) is 0 Å². The number of hydrogen-bond donors (Lipinski definition) is 2. The third-order valence-electron chi connectivity index (χ3n) is 1.52. The van der Waals surface area contributed by atoms with Gasteiger partial charge in [-0.1, -0.05) is 0 Å². The first-order valence-electron chi connectivity index (χ1n) is 3.84. The van der Waals surface area contributed by atoms with Gasteiger partial charge in [-0.05, 0) is 6.92 Å². The molecule has 0 aromatic carbocycles. The summed E-state index contributed by atoms with van der Waals surface area (Å²) in [6, 6.07) is 0. The molecule has 15 heavy (non-hydrogen) atoms. The van der Waals surface area contributed by atoms with E-state index in [-0.39, 0.29) is 0 Å². The van der Waals surface area contributed by atoms with Crippen LogP contribution < -0.4 is 4.72 Å². The van der Waals surface area contributed by atoms with Crippen LogP contribution in [0.25, 0.3) is 0 Å². The molecule has 0 heterocycles. The van der Waals surface area contributed by atoms with E-state index in [0.29, 0.717) is 0 Å². The fourth-order valence-electron chi connectivity index (χ4n) is 0.593. The maximum absolute atomic E-state index is 11.6. The van der Waals surface area contributed by atoms with Crippen molar-refractivity contribution >= 4 is 16.0 Å². The highest BCUT2D eigenvalue weighted by Gasteiger charge is 2.30. The van der Waals surface area contributed by atoms with Crippen LogP contribution in [0.3, 0.4) is 0 Å². The molecular weight excluding hydrogens is 239 g/mol. The van der Waals surface area contributed by atoms with E-state index in [1.54, 1.807) is 4.72 Å². The van der Waals surface area contributed by atoms with Gasteiger partial charge in [0.05, 0.1) is 6.42 Å². The van der Waals surface area contributed by atoms with Crippen LogP contribution >= 0.6 is 0 Å². The lowest BCUT2D eigenvalue weighted by Crippen LogP contribution is -2.38. The summed E-state index contributed by atoms with van der Waals surface area (Å²) < 4.78 is 58.5. The molecule has 1 atom stereocenters. The molecule has 0 aliphatic rings. The summed E-state index contributed by atoms with van der Waals surface area (Å²) in [4.78, 5) is 10.3. The normalized spacial score (nSPS) is 14.9. The molecule has 0 rings (SSSR count). The average molecular weight is 249 g/mol. The van der Waals surface area contributed by atoms with Crippen molar-refractivity contribution in [1.29, 1.82) is 0 Å². The fourth-order valence-corrected chi connectivity index (χ4v) is 1.49. The lowest BCUT2D eigenvalue weighted by atomic mass is 10.4. The van der Waals surface area contributed by atoms with E-state index >= 15 is 0 Å². The summed E-state index contributed by atoms with van der Waals surface area (Å²) in [6.07, 6.45) is -5.81. The molecule has 5 nitrogen and oxygen atoms in total. The summed E-state index contributed by atoms with van der Waals surface area (Å²) >= 11 is 0. The molecule has 0 aromatic heterocycles. The number of nitrogens with one attached hydrogen (secondary N) is 1. The van der Waals surface area contributed by atoms with Crippen LogP contribution in [0.4, 0.5) is 13.2 Å². The van der Waals surface area contributed by atoms with Crippen molar-refractivity contribution in [3.05, 3.63) is 0 Å². The number of carbonyl (C=O) groups is 1. The Morgan fingerprint density at radius 1 is 1.47 bits per heavy atom. The number of halogens is 3. The molecule has 2 N–H and O–H groups in total. The number of alkyl halides is 3. The highest BCUT2D eigenvalue weighted by Crippen LogP contribution is 2.18. The number of carboxylic acid groups (broad SMARTS) is 1. The quantitative estimate of drug-likeness (QED) is 0.735. The number of rotatable bonds is 5. The lowest BCUT2D eigenvalue weighted by Gasteiger charge is -2.10. The molecule has 0 spiro atoms. The van der Waals surface area contributed by atoms with Gasteiger partial charge in [0.2, 0.25) is 10.0 Å². The Balaban J connectivity index is 4.24. The van der Waals surface area contributed by atoms with E-state index < -0.39 is 40.4 Å². The van der Waals surface area contributed by atoms with Gasteiger partial charge in [0.15, 0.2) is 5.25 Å². The topological polar surface area (TPSA) is 83.5 Å². The van der Waals surface area contributed by atoms with Gasteiger partial charge in [-0.25, -0.2) is 13.1 Å². The van der Waals surface area contributed by atoms with Crippen LogP contribution in [0.5, 0.6) is 0 Å². The number of hydrogen-bond acceptors (Lipinski definition) is 3. The number of sulfonamides is 1. The highest BCUT2D eigenvalue weighted by atomic mass is 32.2. The zero-order chi connectivity index (χ0) is 12.3. The molecule has 0 saturated carbocycles. The van der Waals surface area contributed by atoms with Gasteiger partial charge in [-0.2, -0.15) is 13.2 Å². The van der Waals surface area contributed by atoms with E-state index in [0.717, 1.165) is 6.92 Å². The van der Waals surface area contributed by atoms with Crippen molar-refractivity contribution in [2.24, 2.45) is 0 Å². The van der Waals surface area contributed by atoms with Gasteiger partial charge < -0.3 is 5.11 Å². The third-order valence-corrected chi connectivity index (χ3v) is 3.26. The maximum Gasteiger partial charge on any atom is 0.390 e. The minimum Gasteiger partial charge on any atom is -0.480 e. The van der Waals surface area contributed by atoms with E-state index in [2.05, 4.69) is 0 Å². The number of aliphatic carboxylic acids is 1. The molecule has 0 aliphatic carbocycles. The third kappa shape index (κ3) is 5.57. The predicted octanol–water partition coefficient (Wildman–Crippen LogP) is 0.331. The van der Waals surface area contributed by atoms with Crippen LogP contribution in [-0.2, 0) is 14.8 Å². The second-order valence-electron chi connectivity index (χ2n) is 2.78. The van der Waals surface area contributed by atoms with Crippen LogP contribution in [0.1, 0.15) is 13.3 Å². The molecule has 90 valence electrons. The van der Waals surface area contributed by atoms with Gasteiger partial charge in [0.25, 0.3) is 0 Å². The number of carboxylic acids is 1. The van der Waals surface area contributed by atoms with Crippen LogP contribution in [0.15, 0.2) is 0 Å². The van der Waals surface area contributed by atoms with E-state index in [4.69, 9.17) is 5.11 Å². The first kappa shape index (κ1) is 14.2. The SMILES string of the molecule is CC(C(=O)O)S(=O)(=O)NCCC(F)(F)F. The molecule has 0 radical (unpaired) electrons. The largest absolute Gasteiger partial charge is 0.480 e. The van der Waals surface area contributed by atoms with Crippen molar-refractivity contribution in [3.63, 3.8) is 0 Å². The molecule has 0 aliphatic heterocycles. The zero-order valence-corrected chi connectivity index (χ0v) is 8.52. The van der Waals surface area contributed by atoms with Gasteiger partial charge in [0, 0.05) is 6.54 Å². The second kappa shape index (κ2) is 4.79. The molecule has 0 fully saturated rings. The first-order valence-corrected chi connectivity index (χ1v) is 5.39. The van der Waals surface area contributed by atoms with E-state index in [1.165, 1.54) is 0 Å². The monoisotopic (exact) mass is 249 g/mol. The molecule has 0 aromatic rings. The van der Waals surface area contributed by atoms with Crippen molar-refractivity contribution in [2.75, 3.05) is 6.54 Å². The van der Waals surface area contributed by atoms with Crippen molar-refractivity contribution in [3.8, 4) is 0 Å². The van der Waals surface area contributed by atoms with Gasteiger partial charge in [-0.15, -0.1) is 0 Å². The first-order chi connectivity index (χ1) is 6.56. The summed E-state index contributed by atoms with van der Waals surface area (Å²) in [5.41, 5.74) is 0. The van der Waals surface area contributed by atoms with E-state index in [1.807, 2.05) is 0 Å². The van der Waals surface area contributed by atoms with Crippen molar-refractivity contribution < 1.29 is 31.5 Å². The van der Waals surface area contributed by atoms with Gasteiger partial charge in [-0.3, -0.25) is 4.79 Å². The molecule has 1 unspecified atom stereocenters. The molecule has 0 saturated heterocycles. The summed E-state index contributed by atoms with van der Waals surface area (Å²) in [7, 11) is -4.23. The summed E-state index contributed by atoms with van der Waals surface area (Å²) in [6.45, 7) is 0.0156.